The molecule has 0 saturated heterocycles. The second kappa shape index (κ2) is 9.67. The number of esters is 1. The zero-order valence-corrected chi connectivity index (χ0v) is 16.4. The summed E-state index contributed by atoms with van der Waals surface area (Å²) in [4.78, 5) is 11.8. The summed E-state index contributed by atoms with van der Waals surface area (Å²) >= 11 is 0. The molecule has 0 fully saturated rings. The summed E-state index contributed by atoms with van der Waals surface area (Å²) in [5.74, 6) is -1.16. The number of hydrogen-bond donors (Lipinski definition) is 0. The largest absolute Gasteiger partial charge is 1.00 e. The first-order valence-corrected chi connectivity index (χ1v) is 8.46. The Labute approximate surface area is 154 Å². The van der Waals surface area contributed by atoms with E-state index < -0.39 is 34.4 Å². The molecule has 7 heteroatoms. The first-order valence-electron chi connectivity index (χ1n) is 6.88. The summed E-state index contributed by atoms with van der Waals surface area (Å²) in [6.45, 7) is 5.56. The number of hydrogen-bond acceptors (Lipinski definition) is 5. The molecule has 0 heterocycles. The molecule has 0 bridgehead atoms. The topological polar surface area (TPSA) is 83.5 Å². The van der Waals surface area contributed by atoms with Gasteiger partial charge in [-0.1, -0.05) is 38.1 Å². The Morgan fingerprint density at radius 1 is 1.18 bits per heavy atom. The van der Waals surface area contributed by atoms with Crippen molar-refractivity contribution in [2.24, 2.45) is 5.92 Å². The van der Waals surface area contributed by atoms with Crippen molar-refractivity contribution >= 4 is 16.1 Å². The zero-order chi connectivity index (χ0) is 16.0. The van der Waals surface area contributed by atoms with Gasteiger partial charge in [-0.2, -0.15) is 0 Å². The van der Waals surface area contributed by atoms with Gasteiger partial charge in [0.25, 0.3) is 0 Å². The second-order valence-electron chi connectivity index (χ2n) is 5.49. The molecule has 22 heavy (non-hydrogen) atoms. The van der Waals surface area contributed by atoms with E-state index in [0.717, 1.165) is 12.0 Å². The molecule has 0 N–H and O–H groups in total. The normalized spacial score (nSPS) is 12.6. The maximum absolute atomic E-state index is 11.8. The third kappa shape index (κ3) is 8.29. The van der Waals surface area contributed by atoms with Crippen LogP contribution in [0.5, 0.6) is 0 Å². The molecular weight excluding hydrogens is 315 g/mol. The summed E-state index contributed by atoms with van der Waals surface area (Å²) < 4.78 is 36.1. The van der Waals surface area contributed by atoms with Gasteiger partial charge in [0.05, 0.1) is 21.8 Å². The molecule has 5 nitrogen and oxygen atoms in total. The molecule has 0 aliphatic heterocycles. The molecule has 0 radical (unpaired) electrons. The molecule has 1 atom stereocenters. The van der Waals surface area contributed by atoms with Gasteiger partial charge in [0.1, 0.15) is 6.61 Å². The minimum atomic E-state index is -4.35. The van der Waals surface area contributed by atoms with Gasteiger partial charge in [-0.25, -0.2) is 8.42 Å². The molecule has 1 unspecified atom stereocenters. The first-order chi connectivity index (χ1) is 9.69. The van der Waals surface area contributed by atoms with Crippen molar-refractivity contribution in [1.29, 1.82) is 0 Å². The Hall–Kier alpha value is -0.400. The van der Waals surface area contributed by atoms with Gasteiger partial charge in [0, 0.05) is 0 Å². The van der Waals surface area contributed by atoms with Crippen molar-refractivity contribution in [2.75, 3.05) is 12.4 Å². The van der Waals surface area contributed by atoms with Crippen molar-refractivity contribution < 1.29 is 52.1 Å². The van der Waals surface area contributed by atoms with Gasteiger partial charge in [0.15, 0.2) is 0 Å². The van der Waals surface area contributed by atoms with E-state index in [9.17, 15) is 17.8 Å². The Bertz CT molecular complexity index is 566. The van der Waals surface area contributed by atoms with E-state index in [-0.39, 0.29) is 29.6 Å². The number of carbonyl (C=O) groups excluding carboxylic acids is 1. The second-order valence-corrected chi connectivity index (χ2v) is 7.01. The van der Waals surface area contributed by atoms with Crippen LogP contribution < -0.4 is 29.6 Å². The van der Waals surface area contributed by atoms with Crippen molar-refractivity contribution in [3.63, 3.8) is 0 Å². The molecular formula is C15H21NaO5S. The fraction of sp³-hybridized carbons (Fsp3) is 0.533. The summed E-state index contributed by atoms with van der Waals surface area (Å²) in [5, 5.41) is 0. The minimum absolute atomic E-state index is 0. The molecule has 0 aromatic heterocycles. The first kappa shape index (κ1) is 21.6. The molecule has 0 aliphatic carbocycles. The fourth-order valence-corrected chi connectivity index (χ4v) is 2.21. The van der Waals surface area contributed by atoms with Crippen LogP contribution in [0.1, 0.15) is 37.8 Å². The van der Waals surface area contributed by atoms with Gasteiger partial charge < -0.3 is 9.29 Å². The summed E-state index contributed by atoms with van der Waals surface area (Å²) in [5.41, 5.74) is 2.00. The molecule has 1 aromatic carbocycles. The van der Waals surface area contributed by atoms with E-state index in [1.54, 1.807) is 6.92 Å². The quantitative estimate of drug-likeness (QED) is 0.365. The van der Waals surface area contributed by atoms with Gasteiger partial charge >= 0.3 is 35.5 Å². The Balaban J connectivity index is 0.00000441. The van der Waals surface area contributed by atoms with Gasteiger partial charge in [-0.05, 0) is 30.4 Å². The van der Waals surface area contributed by atoms with Crippen LogP contribution in [0.2, 0.25) is 0 Å². The van der Waals surface area contributed by atoms with Crippen LogP contribution in [0.4, 0.5) is 0 Å². The van der Waals surface area contributed by atoms with Gasteiger partial charge in [-0.15, -0.1) is 0 Å². The molecule has 1 aromatic rings. The molecule has 0 saturated carbocycles. The average Bonchev–Trinajstić information content (AvgIpc) is 2.36. The third-order valence-electron chi connectivity index (χ3n) is 3.05. The molecule has 1 rings (SSSR count). The zero-order valence-electron chi connectivity index (χ0n) is 13.5. The van der Waals surface area contributed by atoms with E-state index >= 15 is 0 Å². The predicted molar refractivity (Wildman–Crippen MR) is 78.9 cm³/mol. The SMILES string of the molecule is CC(C)Cc1ccc(C(C)C(=O)OCCS(=O)(=O)[O-])cc1.[Na+]. The Morgan fingerprint density at radius 2 is 1.73 bits per heavy atom. The minimum Gasteiger partial charge on any atom is -0.748 e. The Morgan fingerprint density at radius 3 is 2.18 bits per heavy atom. The maximum Gasteiger partial charge on any atom is 1.00 e. The number of carbonyl (C=O) groups is 1. The van der Waals surface area contributed by atoms with Crippen LogP contribution in [0.3, 0.4) is 0 Å². The van der Waals surface area contributed by atoms with Crippen molar-refractivity contribution in [3.8, 4) is 0 Å². The summed E-state index contributed by atoms with van der Waals surface area (Å²) in [6, 6.07) is 7.68. The van der Waals surface area contributed by atoms with Gasteiger partial charge in [-0.3, -0.25) is 4.79 Å². The predicted octanol–water partition coefficient (Wildman–Crippen LogP) is -0.919. The van der Waals surface area contributed by atoms with Crippen molar-refractivity contribution in [1.82, 2.24) is 0 Å². The fourth-order valence-electron chi connectivity index (χ4n) is 1.92. The molecule has 118 valence electrons. The maximum atomic E-state index is 11.8. The number of ether oxygens (including phenoxy) is 1. The summed E-state index contributed by atoms with van der Waals surface area (Å²) in [7, 11) is -4.35. The smallest absolute Gasteiger partial charge is 0.748 e. The number of rotatable bonds is 7. The van der Waals surface area contributed by atoms with Crippen LogP contribution >= 0.6 is 0 Å². The van der Waals surface area contributed by atoms with Crippen molar-refractivity contribution in [3.05, 3.63) is 35.4 Å². The molecule has 0 spiro atoms. The van der Waals surface area contributed by atoms with E-state index in [1.165, 1.54) is 5.56 Å². The molecule has 0 aliphatic rings. The van der Waals surface area contributed by atoms with Crippen LogP contribution in [0.25, 0.3) is 0 Å². The van der Waals surface area contributed by atoms with Crippen LogP contribution in [-0.2, 0) is 26.1 Å². The monoisotopic (exact) mass is 336 g/mol. The van der Waals surface area contributed by atoms with Gasteiger partial charge in [0.2, 0.25) is 0 Å². The van der Waals surface area contributed by atoms with Crippen LogP contribution in [0, 0.1) is 5.92 Å². The standard InChI is InChI=1S/C15H22O5S.Na/c1-11(2)10-13-4-6-14(7-5-13)12(3)15(16)20-8-9-21(17,18)19;/h4-7,11-12H,8-10H2,1-3H3,(H,17,18,19);/q;+1/p-1. The van der Waals surface area contributed by atoms with Crippen molar-refractivity contribution in [2.45, 2.75) is 33.1 Å². The third-order valence-corrected chi connectivity index (χ3v) is 3.72. The van der Waals surface area contributed by atoms with E-state index in [4.69, 9.17) is 4.74 Å². The summed E-state index contributed by atoms with van der Waals surface area (Å²) in [6.07, 6.45) is 0.973. The van der Waals surface area contributed by atoms with Crippen LogP contribution in [-0.4, -0.2) is 31.3 Å². The van der Waals surface area contributed by atoms with E-state index in [0.29, 0.717) is 5.92 Å². The van der Waals surface area contributed by atoms with E-state index in [2.05, 4.69) is 13.8 Å². The van der Waals surface area contributed by atoms with E-state index in [1.807, 2.05) is 24.3 Å². The average molecular weight is 336 g/mol. The molecule has 0 amide bonds. The van der Waals surface area contributed by atoms with Crippen LogP contribution in [0.15, 0.2) is 24.3 Å². The Kier molecular flexibility index (Phi) is 9.50. The number of benzene rings is 1.